The average molecular weight is 611 g/mol. The van der Waals surface area contributed by atoms with Gasteiger partial charge >= 0.3 is 0 Å². The summed E-state index contributed by atoms with van der Waals surface area (Å²) in [4.78, 5) is 13.0. The van der Waals surface area contributed by atoms with E-state index in [9.17, 15) is 45.6 Å². The summed E-state index contributed by atoms with van der Waals surface area (Å²) in [5.74, 6) is -1.06. The van der Waals surface area contributed by atoms with Crippen LogP contribution in [0.5, 0.6) is 28.7 Å². The van der Waals surface area contributed by atoms with E-state index in [1.807, 2.05) is 0 Å². The minimum Gasteiger partial charge on any atom is -0.507 e. The average Bonchev–Trinajstić information content (AvgIpc) is 2.97. The van der Waals surface area contributed by atoms with Crippen LogP contribution in [0.2, 0.25) is 0 Å². The van der Waals surface area contributed by atoms with Crippen molar-refractivity contribution < 1.29 is 74.1 Å². The number of aliphatic hydroxyl groups excluding tert-OH is 6. The number of fused-ring (bicyclic) bond motifs is 1. The molecule has 3 aliphatic rings. The summed E-state index contributed by atoms with van der Waals surface area (Å²) in [6, 6.07) is 6.89. The number of methoxy groups -OCH3 is 1. The molecule has 11 atom stereocenters. The van der Waals surface area contributed by atoms with Crippen molar-refractivity contribution in [1.29, 1.82) is 0 Å². The van der Waals surface area contributed by atoms with Gasteiger partial charge in [-0.25, -0.2) is 0 Å². The van der Waals surface area contributed by atoms with Crippen molar-refractivity contribution >= 4 is 5.78 Å². The molecule has 8 N–H and O–H groups in total. The Morgan fingerprint density at radius 3 is 2.30 bits per heavy atom. The monoisotopic (exact) mass is 610 g/mol. The van der Waals surface area contributed by atoms with Crippen LogP contribution in [-0.2, 0) is 14.2 Å². The normalized spacial score (nSPS) is 36.0. The van der Waals surface area contributed by atoms with Crippen molar-refractivity contribution in [2.75, 3.05) is 13.7 Å². The van der Waals surface area contributed by atoms with E-state index in [2.05, 4.69) is 0 Å². The lowest BCUT2D eigenvalue weighted by Crippen LogP contribution is -2.64. The Balaban J connectivity index is 1.41. The van der Waals surface area contributed by atoms with E-state index in [1.54, 1.807) is 6.07 Å². The summed E-state index contributed by atoms with van der Waals surface area (Å²) in [7, 11) is 1.39. The van der Waals surface area contributed by atoms with Gasteiger partial charge in [0.15, 0.2) is 29.7 Å². The molecule has 3 heterocycles. The summed E-state index contributed by atoms with van der Waals surface area (Å²) in [6.07, 6.45) is -16.3. The minimum atomic E-state index is -1.76. The maximum absolute atomic E-state index is 13.0. The first-order chi connectivity index (χ1) is 20.4. The summed E-state index contributed by atoms with van der Waals surface area (Å²) < 4.78 is 33.7. The molecule has 0 bridgehead atoms. The molecule has 2 fully saturated rings. The van der Waals surface area contributed by atoms with E-state index in [0.29, 0.717) is 5.56 Å². The van der Waals surface area contributed by atoms with Gasteiger partial charge in [-0.2, -0.15) is 0 Å². The molecule has 3 aliphatic heterocycles. The molecule has 236 valence electrons. The van der Waals surface area contributed by atoms with Crippen molar-refractivity contribution in [2.24, 2.45) is 0 Å². The SMILES string of the molecule is COc1ccc([C@@H]2CC(=O)c3c(O)cc(OC4OC(CO)C(O)C(O)C4OC4OC(C)C(O)C(O)C4O)cc3O2)cc1O. The Labute approximate surface area is 245 Å². The van der Waals surface area contributed by atoms with E-state index in [1.165, 1.54) is 32.2 Å². The highest BCUT2D eigenvalue weighted by Crippen LogP contribution is 2.43. The van der Waals surface area contributed by atoms with Gasteiger partial charge in [-0.15, -0.1) is 0 Å². The van der Waals surface area contributed by atoms with Crippen LogP contribution in [0.15, 0.2) is 30.3 Å². The van der Waals surface area contributed by atoms with E-state index in [4.69, 9.17) is 28.4 Å². The standard InChI is InChI=1S/C28H34O15/c1-10-21(33)23(35)25(37)27(39-10)43-26-24(36)22(34)19(9-29)42-28(26)40-12-6-14(31)20-15(32)8-17(41-18(20)7-12)11-3-4-16(38-2)13(30)5-11/h3-7,10,17,19,21-31,33-37H,8-9H2,1-2H3/t10?,17-,19?,21?,22?,23?,24?,25?,26?,27?,28?/m0/s1. The number of carbonyl (C=O) groups is 1. The predicted octanol–water partition coefficient (Wildman–Crippen LogP) is -1.16. The number of ketones is 1. The van der Waals surface area contributed by atoms with Crippen molar-refractivity contribution in [1.82, 2.24) is 0 Å². The molecule has 0 radical (unpaired) electrons. The lowest BCUT2D eigenvalue weighted by molar-refractivity contribution is -0.354. The molecule has 2 aromatic carbocycles. The number of rotatable bonds is 7. The number of hydrogen-bond donors (Lipinski definition) is 8. The van der Waals surface area contributed by atoms with Crippen LogP contribution in [0.25, 0.3) is 0 Å². The van der Waals surface area contributed by atoms with Gasteiger partial charge in [-0.1, -0.05) is 6.07 Å². The van der Waals surface area contributed by atoms with Crippen molar-refractivity contribution in [3.63, 3.8) is 0 Å². The molecule has 0 amide bonds. The predicted molar refractivity (Wildman–Crippen MR) is 141 cm³/mol. The van der Waals surface area contributed by atoms with Gasteiger partial charge in [0.2, 0.25) is 6.29 Å². The van der Waals surface area contributed by atoms with Crippen molar-refractivity contribution in [2.45, 2.75) is 80.9 Å². The summed E-state index contributed by atoms with van der Waals surface area (Å²) in [6.45, 7) is 0.699. The first-order valence-electron chi connectivity index (χ1n) is 13.5. The third-order valence-corrected chi connectivity index (χ3v) is 7.72. The Hall–Kier alpha value is -3.25. The number of carbonyl (C=O) groups excluding carboxylic acids is 1. The number of phenols is 2. The first-order valence-corrected chi connectivity index (χ1v) is 13.5. The van der Waals surface area contributed by atoms with Crippen molar-refractivity contribution in [3.8, 4) is 28.7 Å². The number of aliphatic hydroxyl groups is 6. The number of phenolic OH excluding ortho intramolecular Hbond substituents is 2. The quantitative estimate of drug-likeness (QED) is 0.185. The number of benzene rings is 2. The molecular weight excluding hydrogens is 576 g/mol. The van der Waals surface area contributed by atoms with E-state index < -0.39 is 85.7 Å². The van der Waals surface area contributed by atoms with Gasteiger partial charge in [-0.3, -0.25) is 4.79 Å². The smallest absolute Gasteiger partial charge is 0.229 e. The molecule has 2 saturated heterocycles. The van der Waals surface area contributed by atoms with Crippen LogP contribution in [0.4, 0.5) is 0 Å². The summed E-state index contributed by atoms with van der Waals surface area (Å²) in [5, 5.41) is 82.4. The zero-order valence-corrected chi connectivity index (χ0v) is 23.1. The molecular formula is C28H34O15. The Morgan fingerprint density at radius 1 is 0.884 bits per heavy atom. The zero-order chi connectivity index (χ0) is 31.2. The number of ether oxygens (including phenoxy) is 6. The second-order valence-corrected chi connectivity index (χ2v) is 10.6. The summed E-state index contributed by atoms with van der Waals surface area (Å²) in [5.41, 5.74) is 0.352. The van der Waals surface area contributed by atoms with Gasteiger partial charge in [-0.05, 0) is 24.6 Å². The minimum absolute atomic E-state index is 0.0592. The molecule has 43 heavy (non-hydrogen) atoms. The van der Waals surface area contributed by atoms with Crippen LogP contribution < -0.4 is 14.2 Å². The Bertz CT molecular complexity index is 1320. The van der Waals surface area contributed by atoms with E-state index in [-0.39, 0.29) is 35.0 Å². The van der Waals surface area contributed by atoms with Crippen molar-refractivity contribution in [3.05, 3.63) is 41.5 Å². The number of hydrogen-bond acceptors (Lipinski definition) is 15. The number of Topliss-reactive ketones (excluding diaryl/α,β-unsaturated/α-hetero) is 1. The van der Waals surface area contributed by atoms with Crippen LogP contribution in [0.3, 0.4) is 0 Å². The molecule has 10 unspecified atom stereocenters. The lowest BCUT2D eigenvalue weighted by Gasteiger charge is -2.45. The molecule has 15 nitrogen and oxygen atoms in total. The highest BCUT2D eigenvalue weighted by molar-refractivity contribution is 6.02. The van der Waals surface area contributed by atoms with Gasteiger partial charge in [0.25, 0.3) is 0 Å². The summed E-state index contributed by atoms with van der Waals surface area (Å²) >= 11 is 0. The molecule has 0 spiro atoms. The fourth-order valence-electron chi connectivity index (χ4n) is 5.29. The molecule has 2 aromatic rings. The van der Waals surface area contributed by atoms with Crippen LogP contribution in [0.1, 0.15) is 35.4 Å². The largest absolute Gasteiger partial charge is 0.507 e. The second kappa shape index (κ2) is 12.4. The maximum Gasteiger partial charge on any atom is 0.229 e. The fourth-order valence-corrected chi connectivity index (χ4v) is 5.29. The third-order valence-electron chi connectivity index (χ3n) is 7.72. The highest BCUT2D eigenvalue weighted by atomic mass is 16.8. The maximum atomic E-state index is 13.0. The number of aromatic hydroxyl groups is 2. The highest BCUT2D eigenvalue weighted by Gasteiger charge is 2.51. The first kappa shape index (κ1) is 31.2. The molecule has 0 aliphatic carbocycles. The van der Waals surface area contributed by atoms with Gasteiger partial charge in [0, 0.05) is 12.1 Å². The van der Waals surface area contributed by atoms with Crippen LogP contribution in [-0.4, -0.2) is 122 Å². The Kier molecular flexibility index (Phi) is 8.99. The molecule has 5 rings (SSSR count). The lowest BCUT2D eigenvalue weighted by atomic mass is 9.95. The fraction of sp³-hybridized carbons (Fsp3) is 0.536. The Morgan fingerprint density at radius 2 is 1.63 bits per heavy atom. The van der Waals surface area contributed by atoms with E-state index in [0.717, 1.165) is 6.07 Å². The van der Waals surface area contributed by atoms with Crippen LogP contribution in [0, 0.1) is 0 Å². The molecule has 0 saturated carbocycles. The van der Waals surface area contributed by atoms with E-state index >= 15 is 0 Å². The van der Waals surface area contributed by atoms with Gasteiger partial charge in [0.05, 0.1) is 26.2 Å². The topological polar surface area (TPSA) is 234 Å². The van der Waals surface area contributed by atoms with Gasteiger partial charge < -0.3 is 69.3 Å². The molecule has 0 aromatic heterocycles. The second-order valence-electron chi connectivity index (χ2n) is 10.6. The van der Waals surface area contributed by atoms with Crippen LogP contribution >= 0.6 is 0 Å². The third kappa shape index (κ3) is 5.95. The molecule has 15 heteroatoms. The zero-order valence-electron chi connectivity index (χ0n) is 23.1. The van der Waals surface area contributed by atoms with Gasteiger partial charge in [0.1, 0.15) is 65.5 Å².